The van der Waals surface area contributed by atoms with E-state index in [1.54, 1.807) is 0 Å². The number of thioether (sulfide) groups is 1. The summed E-state index contributed by atoms with van der Waals surface area (Å²) in [6.07, 6.45) is 0. The number of carbonyl (C=O) groups is 2. The van der Waals surface area contributed by atoms with Crippen LogP contribution in [0.3, 0.4) is 0 Å². The molecule has 0 spiro atoms. The fraction of sp³-hybridized carbons (Fsp3) is 0.176. The first kappa shape index (κ1) is 15.3. The standard InChI is InChI=1S/C17H16O3S/c1-13(18)20-12-16(19)17(14-8-4-2-5-9-14)21-15-10-6-3-7-11-15/h2-11,17H,12H2,1H3. The predicted octanol–water partition coefficient (Wildman–Crippen LogP) is 3.65. The lowest BCUT2D eigenvalue weighted by atomic mass is 10.1. The maximum atomic E-state index is 12.4. The van der Waals surface area contributed by atoms with E-state index in [1.165, 1.54) is 18.7 Å². The van der Waals surface area contributed by atoms with Gasteiger partial charge in [0.1, 0.15) is 0 Å². The molecule has 0 aliphatic rings. The summed E-state index contributed by atoms with van der Waals surface area (Å²) < 4.78 is 4.84. The van der Waals surface area contributed by atoms with Crippen LogP contribution in [0.25, 0.3) is 0 Å². The minimum Gasteiger partial charge on any atom is -0.458 e. The van der Waals surface area contributed by atoms with Gasteiger partial charge >= 0.3 is 5.97 Å². The van der Waals surface area contributed by atoms with E-state index in [4.69, 9.17) is 4.74 Å². The quantitative estimate of drug-likeness (QED) is 0.603. The third kappa shape index (κ3) is 4.76. The van der Waals surface area contributed by atoms with Gasteiger partial charge < -0.3 is 4.74 Å². The molecule has 0 aliphatic heterocycles. The minimum absolute atomic E-state index is 0.120. The van der Waals surface area contributed by atoms with Crippen molar-refractivity contribution in [1.29, 1.82) is 0 Å². The van der Waals surface area contributed by atoms with Gasteiger partial charge in [-0.15, -0.1) is 11.8 Å². The van der Waals surface area contributed by atoms with Crippen molar-refractivity contribution in [2.75, 3.05) is 6.61 Å². The highest BCUT2D eigenvalue weighted by Crippen LogP contribution is 2.35. The number of benzene rings is 2. The lowest BCUT2D eigenvalue weighted by molar-refractivity contribution is -0.145. The number of carbonyl (C=O) groups excluding carboxylic acids is 2. The Morgan fingerprint density at radius 2 is 1.57 bits per heavy atom. The Kier molecular flexibility index (Phi) is 5.58. The van der Waals surface area contributed by atoms with Crippen molar-refractivity contribution < 1.29 is 14.3 Å². The molecule has 0 saturated heterocycles. The highest BCUT2D eigenvalue weighted by molar-refractivity contribution is 8.00. The molecule has 0 fully saturated rings. The lowest BCUT2D eigenvalue weighted by Crippen LogP contribution is -2.17. The molecule has 3 nitrogen and oxygen atoms in total. The van der Waals surface area contributed by atoms with Gasteiger partial charge in [0.05, 0.1) is 5.25 Å². The van der Waals surface area contributed by atoms with Crippen molar-refractivity contribution in [2.45, 2.75) is 17.1 Å². The molecule has 0 N–H and O–H groups in total. The molecule has 4 heteroatoms. The van der Waals surface area contributed by atoms with Gasteiger partial charge in [-0.25, -0.2) is 0 Å². The van der Waals surface area contributed by atoms with E-state index in [0.29, 0.717) is 0 Å². The molecule has 0 amide bonds. The Balaban J connectivity index is 2.18. The third-order valence-electron chi connectivity index (χ3n) is 2.81. The molecular formula is C17H16O3S. The van der Waals surface area contributed by atoms with Gasteiger partial charge in [0.15, 0.2) is 12.4 Å². The van der Waals surface area contributed by atoms with Crippen LogP contribution in [0, 0.1) is 0 Å². The Morgan fingerprint density at radius 3 is 2.14 bits per heavy atom. The molecule has 0 aliphatic carbocycles. The second-order valence-electron chi connectivity index (χ2n) is 4.47. The van der Waals surface area contributed by atoms with Gasteiger partial charge in [-0.3, -0.25) is 9.59 Å². The monoisotopic (exact) mass is 300 g/mol. The smallest absolute Gasteiger partial charge is 0.303 e. The summed E-state index contributed by atoms with van der Waals surface area (Å²) in [5.74, 6) is -0.565. The first-order chi connectivity index (χ1) is 10.2. The molecule has 0 bridgehead atoms. The van der Waals surface area contributed by atoms with E-state index in [0.717, 1.165) is 10.5 Å². The number of ether oxygens (including phenoxy) is 1. The van der Waals surface area contributed by atoms with Crippen molar-refractivity contribution >= 4 is 23.5 Å². The van der Waals surface area contributed by atoms with E-state index in [1.807, 2.05) is 60.7 Å². The molecule has 21 heavy (non-hydrogen) atoms. The number of hydrogen-bond donors (Lipinski definition) is 0. The fourth-order valence-electron chi connectivity index (χ4n) is 1.83. The third-order valence-corrected chi connectivity index (χ3v) is 4.12. The largest absolute Gasteiger partial charge is 0.458 e. The van der Waals surface area contributed by atoms with E-state index in [-0.39, 0.29) is 17.6 Å². The Bertz CT molecular complexity index is 596. The van der Waals surface area contributed by atoms with Gasteiger partial charge in [0.2, 0.25) is 0 Å². The first-order valence-electron chi connectivity index (χ1n) is 6.59. The molecule has 0 heterocycles. The van der Waals surface area contributed by atoms with Crippen LogP contribution in [0.15, 0.2) is 65.6 Å². The van der Waals surface area contributed by atoms with E-state index >= 15 is 0 Å². The second kappa shape index (κ2) is 7.64. The Morgan fingerprint density at radius 1 is 1.00 bits per heavy atom. The second-order valence-corrected chi connectivity index (χ2v) is 5.65. The highest BCUT2D eigenvalue weighted by Gasteiger charge is 2.22. The normalized spacial score (nSPS) is 11.7. The van der Waals surface area contributed by atoms with Gasteiger partial charge in [-0.05, 0) is 17.7 Å². The van der Waals surface area contributed by atoms with Gasteiger partial charge in [-0.2, -0.15) is 0 Å². The average molecular weight is 300 g/mol. The molecule has 2 rings (SSSR count). The summed E-state index contributed by atoms with van der Waals surface area (Å²) in [6, 6.07) is 19.2. The van der Waals surface area contributed by atoms with Crippen molar-refractivity contribution in [3.05, 3.63) is 66.2 Å². The van der Waals surface area contributed by atoms with Crippen LogP contribution in [0.5, 0.6) is 0 Å². The topological polar surface area (TPSA) is 43.4 Å². The molecule has 108 valence electrons. The van der Waals surface area contributed by atoms with Crippen molar-refractivity contribution in [2.24, 2.45) is 0 Å². The van der Waals surface area contributed by atoms with Gasteiger partial charge in [0.25, 0.3) is 0 Å². The van der Waals surface area contributed by atoms with E-state index in [9.17, 15) is 9.59 Å². The van der Waals surface area contributed by atoms with E-state index < -0.39 is 5.97 Å². The highest BCUT2D eigenvalue weighted by atomic mass is 32.2. The number of ketones is 1. The number of rotatable bonds is 6. The van der Waals surface area contributed by atoms with Crippen molar-refractivity contribution in [3.63, 3.8) is 0 Å². The molecular weight excluding hydrogens is 284 g/mol. The zero-order valence-electron chi connectivity index (χ0n) is 11.7. The summed E-state index contributed by atoms with van der Waals surface area (Å²) >= 11 is 1.46. The lowest BCUT2D eigenvalue weighted by Gasteiger charge is -2.16. The van der Waals surface area contributed by atoms with Crippen LogP contribution in [0.1, 0.15) is 17.7 Å². The number of esters is 1. The zero-order valence-corrected chi connectivity index (χ0v) is 12.5. The molecule has 1 unspecified atom stereocenters. The fourth-order valence-corrected chi connectivity index (χ4v) is 2.91. The van der Waals surface area contributed by atoms with E-state index in [2.05, 4.69) is 0 Å². The minimum atomic E-state index is -0.445. The summed E-state index contributed by atoms with van der Waals surface area (Å²) in [6.45, 7) is 1.10. The van der Waals surface area contributed by atoms with Crippen molar-refractivity contribution in [1.82, 2.24) is 0 Å². The van der Waals surface area contributed by atoms with Crippen molar-refractivity contribution in [3.8, 4) is 0 Å². The molecule has 2 aromatic carbocycles. The maximum absolute atomic E-state index is 12.4. The maximum Gasteiger partial charge on any atom is 0.303 e. The molecule has 2 aromatic rings. The first-order valence-corrected chi connectivity index (χ1v) is 7.47. The molecule has 0 aromatic heterocycles. The molecule has 0 saturated carbocycles. The average Bonchev–Trinajstić information content (AvgIpc) is 2.52. The Labute approximate surface area is 128 Å². The van der Waals surface area contributed by atoms with Crippen LogP contribution >= 0.6 is 11.8 Å². The molecule has 0 radical (unpaired) electrons. The van der Waals surface area contributed by atoms with Crippen LogP contribution in [-0.2, 0) is 14.3 Å². The molecule has 1 atom stereocenters. The number of hydrogen-bond acceptors (Lipinski definition) is 4. The zero-order chi connectivity index (χ0) is 15.1. The van der Waals surface area contributed by atoms with Gasteiger partial charge in [0, 0.05) is 11.8 Å². The summed E-state index contributed by atoms with van der Waals surface area (Å²) in [4.78, 5) is 24.2. The predicted molar refractivity (Wildman–Crippen MR) is 83.1 cm³/mol. The summed E-state index contributed by atoms with van der Waals surface area (Å²) in [5.41, 5.74) is 0.906. The van der Waals surface area contributed by atoms with Crippen LogP contribution < -0.4 is 0 Å². The summed E-state index contributed by atoms with van der Waals surface area (Å²) in [5, 5.41) is -0.382. The summed E-state index contributed by atoms with van der Waals surface area (Å²) in [7, 11) is 0. The Hall–Kier alpha value is -2.07. The van der Waals surface area contributed by atoms with Crippen LogP contribution in [0.2, 0.25) is 0 Å². The van der Waals surface area contributed by atoms with Crippen LogP contribution in [0.4, 0.5) is 0 Å². The van der Waals surface area contributed by atoms with Gasteiger partial charge in [-0.1, -0.05) is 48.5 Å². The number of Topliss-reactive ketones (excluding diaryl/α,β-unsaturated/α-hetero) is 1. The SMILES string of the molecule is CC(=O)OCC(=O)C(Sc1ccccc1)c1ccccc1. The van der Waals surface area contributed by atoms with Crippen LogP contribution in [-0.4, -0.2) is 18.4 Å².